The molecule has 1 aliphatic heterocycles. The first-order valence-corrected chi connectivity index (χ1v) is 9.13. The van der Waals surface area contributed by atoms with Crippen molar-refractivity contribution in [2.24, 2.45) is 4.40 Å². The van der Waals surface area contributed by atoms with Crippen molar-refractivity contribution in [2.75, 3.05) is 16.8 Å². The van der Waals surface area contributed by atoms with Crippen LogP contribution in [-0.4, -0.2) is 27.2 Å². The lowest BCUT2D eigenvalue weighted by molar-refractivity contribution is 0.102. The summed E-state index contributed by atoms with van der Waals surface area (Å²) >= 11 is 0. The van der Waals surface area contributed by atoms with Gasteiger partial charge in [0.2, 0.25) is 0 Å². The zero-order valence-corrected chi connectivity index (χ0v) is 14.3. The van der Waals surface area contributed by atoms with E-state index in [0.717, 1.165) is 6.42 Å². The minimum absolute atomic E-state index is 0.0266. The average Bonchev–Trinajstić information content (AvgIpc) is 2.59. The van der Waals surface area contributed by atoms with Gasteiger partial charge in [-0.1, -0.05) is 19.1 Å². The number of hydrogen-bond acceptors (Lipinski definition) is 4. The van der Waals surface area contributed by atoms with E-state index in [2.05, 4.69) is 9.71 Å². The van der Waals surface area contributed by atoms with E-state index in [1.54, 1.807) is 17.0 Å². The number of nitrogens with zero attached hydrogens (tertiary/aromatic N) is 2. The summed E-state index contributed by atoms with van der Waals surface area (Å²) in [5.41, 5.74) is 0.608. The highest BCUT2D eigenvalue weighted by atomic mass is 32.2. The minimum atomic E-state index is -3.86. The van der Waals surface area contributed by atoms with Crippen LogP contribution in [0.2, 0.25) is 0 Å². The monoisotopic (exact) mass is 361 g/mol. The van der Waals surface area contributed by atoms with Crippen LogP contribution in [0.15, 0.2) is 51.8 Å². The Hall–Kier alpha value is -2.74. The zero-order chi connectivity index (χ0) is 18.0. The van der Waals surface area contributed by atoms with E-state index in [0.29, 0.717) is 12.2 Å². The molecule has 0 unspecified atom stereocenters. The Morgan fingerprint density at radius 3 is 2.72 bits per heavy atom. The van der Waals surface area contributed by atoms with Gasteiger partial charge in [-0.2, -0.15) is 8.42 Å². The normalized spacial score (nSPS) is 14.9. The molecule has 130 valence electrons. The van der Waals surface area contributed by atoms with Crippen LogP contribution in [0.3, 0.4) is 0 Å². The van der Waals surface area contributed by atoms with E-state index in [1.165, 1.54) is 36.7 Å². The van der Waals surface area contributed by atoms with Crippen LogP contribution >= 0.6 is 0 Å². The topological polar surface area (TPSA) is 78.8 Å². The minimum Gasteiger partial charge on any atom is -0.331 e. The fourth-order valence-electron chi connectivity index (χ4n) is 2.51. The maximum Gasteiger partial charge on any atom is 0.285 e. The van der Waals surface area contributed by atoms with E-state index in [-0.39, 0.29) is 16.1 Å². The molecule has 3 rings (SSSR count). The van der Waals surface area contributed by atoms with E-state index in [1.807, 2.05) is 6.92 Å². The molecule has 0 saturated heterocycles. The number of sulfonamides is 1. The molecule has 0 spiro atoms. The summed E-state index contributed by atoms with van der Waals surface area (Å²) in [6.07, 6.45) is 2.08. The molecular formula is C17H16FN3O3S. The lowest BCUT2D eigenvalue weighted by atomic mass is 10.1. The zero-order valence-electron chi connectivity index (χ0n) is 13.4. The summed E-state index contributed by atoms with van der Waals surface area (Å²) in [4.78, 5) is 14.0. The highest BCUT2D eigenvalue weighted by molar-refractivity contribution is 7.90. The van der Waals surface area contributed by atoms with Crippen molar-refractivity contribution in [3.05, 3.63) is 53.8 Å². The molecule has 8 heteroatoms. The highest BCUT2D eigenvalue weighted by Crippen LogP contribution is 2.31. The Labute approximate surface area is 145 Å². The fourth-order valence-corrected chi connectivity index (χ4v) is 3.59. The Balaban J connectivity index is 1.95. The van der Waals surface area contributed by atoms with Crippen LogP contribution in [0.4, 0.5) is 15.8 Å². The maximum atomic E-state index is 13.7. The fraction of sp³-hybridized carbons (Fsp3) is 0.176. The molecule has 1 N–H and O–H groups in total. The average molecular weight is 361 g/mol. The molecule has 0 atom stereocenters. The first kappa shape index (κ1) is 17.1. The van der Waals surface area contributed by atoms with Crippen LogP contribution in [-0.2, 0) is 10.0 Å². The second kappa shape index (κ2) is 6.64. The lowest BCUT2D eigenvalue weighted by Gasteiger charge is -2.25. The number of hydrogen-bond donors (Lipinski definition) is 1. The van der Waals surface area contributed by atoms with Crippen molar-refractivity contribution in [1.29, 1.82) is 0 Å². The molecule has 6 nitrogen and oxygen atoms in total. The molecule has 0 radical (unpaired) electrons. The third kappa shape index (κ3) is 3.39. The molecule has 1 amide bonds. The van der Waals surface area contributed by atoms with E-state index >= 15 is 0 Å². The number of amides is 1. The quantitative estimate of drug-likeness (QED) is 0.908. The summed E-state index contributed by atoms with van der Waals surface area (Å²) in [5.74, 6) is -1.17. The molecule has 0 aromatic heterocycles. The van der Waals surface area contributed by atoms with Gasteiger partial charge in [0.05, 0.1) is 11.4 Å². The van der Waals surface area contributed by atoms with Gasteiger partial charge in [-0.05, 0) is 36.8 Å². The van der Waals surface area contributed by atoms with Gasteiger partial charge in [-0.3, -0.25) is 4.79 Å². The number of benzene rings is 2. The number of halogens is 1. The molecule has 25 heavy (non-hydrogen) atoms. The summed E-state index contributed by atoms with van der Waals surface area (Å²) in [5, 5.41) is 2.44. The molecule has 2 aromatic carbocycles. The second-order valence-electron chi connectivity index (χ2n) is 5.51. The van der Waals surface area contributed by atoms with Crippen molar-refractivity contribution < 1.29 is 17.6 Å². The largest absolute Gasteiger partial charge is 0.331 e. The van der Waals surface area contributed by atoms with Gasteiger partial charge in [0.25, 0.3) is 15.9 Å². The SMILES string of the molecule is CCCN1C=NS(=O)(=O)c2cc(C(=O)Nc3ccccc3F)ccc21. The first-order chi connectivity index (χ1) is 11.9. The Morgan fingerprint density at radius 2 is 2.00 bits per heavy atom. The van der Waals surface area contributed by atoms with Gasteiger partial charge in [-0.15, -0.1) is 4.40 Å². The highest BCUT2D eigenvalue weighted by Gasteiger charge is 2.26. The van der Waals surface area contributed by atoms with Gasteiger partial charge >= 0.3 is 0 Å². The van der Waals surface area contributed by atoms with Crippen molar-refractivity contribution in [2.45, 2.75) is 18.2 Å². The van der Waals surface area contributed by atoms with Gasteiger partial charge in [0.15, 0.2) is 0 Å². The van der Waals surface area contributed by atoms with Gasteiger partial charge in [0, 0.05) is 12.1 Å². The van der Waals surface area contributed by atoms with Gasteiger partial charge in [0.1, 0.15) is 17.1 Å². The van der Waals surface area contributed by atoms with Crippen molar-refractivity contribution >= 4 is 33.6 Å². The first-order valence-electron chi connectivity index (χ1n) is 7.69. The number of carbonyl (C=O) groups excluding carboxylic acids is 1. The van der Waals surface area contributed by atoms with Crippen molar-refractivity contribution in [3.63, 3.8) is 0 Å². The van der Waals surface area contributed by atoms with Crippen molar-refractivity contribution in [3.8, 4) is 0 Å². The molecule has 0 fully saturated rings. The predicted octanol–water partition coefficient (Wildman–Crippen LogP) is 3.03. The van der Waals surface area contributed by atoms with E-state index in [4.69, 9.17) is 0 Å². The molecule has 0 aliphatic carbocycles. The number of nitrogens with one attached hydrogen (secondary N) is 1. The number of para-hydroxylation sites is 1. The molecule has 1 aliphatic rings. The molecule has 0 saturated carbocycles. The van der Waals surface area contributed by atoms with Crippen LogP contribution in [0, 0.1) is 5.82 Å². The lowest BCUT2D eigenvalue weighted by Crippen LogP contribution is -2.28. The number of fused-ring (bicyclic) bond motifs is 1. The Morgan fingerprint density at radius 1 is 1.24 bits per heavy atom. The Bertz CT molecular complexity index is 957. The van der Waals surface area contributed by atoms with E-state index < -0.39 is 21.7 Å². The number of rotatable bonds is 4. The van der Waals surface area contributed by atoms with Crippen LogP contribution in [0.5, 0.6) is 0 Å². The number of anilines is 2. The van der Waals surface area contributed by atoms with Gasteiger partial charge in [-0.25, -0.2) is 4.39 Å². The summed E-state index contributed by atoms with van der Waals surface area (Å²) in [6.45, 7) is 2.57. The smallest absolute Gasteiger partial charge is 0.285 e. The molecular weight excluding hydrogens is 345 g/mol. The van der Waals surface area contributed by atoms with E-state index in [9.17, 15) is 17.6 Å². The summed E-state index contributed by atoms with van der Waals surface area (Å²) < 4.78 is 41.6. The summed E-state index contributed by atoms with van der Waals surface area (Å²) in [7, 11) is -3.86. The molecule has 0 bridgehead atoms. The third-order valence-electron chi connectivity index (χ3n) is 3.72. The standard InChI is InChI=1S/C17H16FN3O3S/c1-2-9-21-11-19-25(23,24)16-10-12(7-8-15(16)21)17(22)20-14-6-4-3-5-13(14)18/h3-8,10-11H,2,9H2,1H3,(H,20,22). The number of carbonyl (C=O) groups is 1. The molecule has 1 heterocycles. The Kier molecular flexibility index (Phi) is 4.54. The van der Waals surface area contributed by atoms with Crippen molar-refractivity contribution in [1.82, 2.24) is 0 Å². The summed E-state index contributed by atoms with van der Waals surface area (Å²) in [6, 6.07) is 10.1. The predicted molar refractivity (Wildman–Crippen MR) is 94.1 cm³/mol. The molecule has 2 aromatic rings. The van der Waals surface area contributed by atoms with Gasteiger partial charge < -0.3 is 10.2 Å². The third-order valence-corrected chi connectivity index (χ3v) is 4.98. The van der Waals surface area contributed by atoms with Crippen LogP contribution in [0.1, 0.15) is 23.7 Å². The second-order valence-corrected chi connectivity index (χ2v) is 7.11. The maximum absolute atomic E-state index is 13.7. The van der Waals surface area contributed by atoms with Crippen LogP contribution in [0.25, 0.3) is 0 Å². The van der Waals surface area contributed by atoms with Crippen LogP contribution < -0.4 is 10.2 Å².